The Morgan fingerprint density at radius 3 is 2.77 bits per heavy atom. The van der Waals surface area contributed by atoms with E-state index in [0.717, 1.165) is 11.1 Å². The van der Waals surface area contributed by atoms with Gasteiger partial charge in [0.25, 0.3) is 5.91 Å². The van der Waals surface area contributed by atoms with Crippen molar-refractivity contribution < 1.29 is 14.0 Å². The van der Waals surface area contributed by atoms with Crippen molar-refractivity contribution in [2.45, 2.75) is 12.3 Å². The van der Waals surface area contributed by atoms with E-state index in [2.05, 4.69) is 31.0 Å². The van der Waals surface area contributed by atoms with Crippen LogP contribution in [0.4, 0.5) is 10.2 Å². The molecule has 9 heteroatoms. The highest BCUT2D eigenvalue weighted by atomic mass is 19.1. The molecule has 0 spiro atoms. The molecule has 132 valence electrons. The predicted molar refractivity (Wildman–Crippen MR) is 91.0 cm³/mol. The summed E-state index contributed by atoms with van der Waals surface area (Å²) in [5, 5.41) is 19.0. The van der Waals surface area contributed by atoms with Crippen molar-refractivity contribution in [3.05, 3.63) is 53.1 Å². The van der Waals surface area contributed by atoms with E-state index in [4.69, 9.17) is 0 Å². The van der Waals surface area contributed by atoms with Crippen LogP contribution in [0, 0.1) is 5.82 Å². The highest BCUT2D eigenvalue weighted by Gasteiger charge is 2.35. The molecule has 0 saturated carbocycles. The van der Waals surface area contributed by atoms with E-state index in [1.54, 1.807) is 18.3 Å². The molecule has 26 heavy (non-hydrogen) atoms. The molecule has 0 radical (unpaired) electrons. The van der Waals surface area contributed by atoms with E-state index in [-0.39, 0.29) is 24.1 Å². The van der Waals surface area contributed by atoms with Crippen molar-refractivity contribution in [2.75, 3.05) is 12.4 Å². The van der Waals surface area contributed by atoms with Crippen molar-refractivity contribution in [2.24, 2.45) is 0 Å². The number of carbonyl (C=O) groups excluding carboxylic acids is 2. The third-order valence-corrected chi connectivity index (χ3v) is 4.43. The topological polar surface area (TPSA) is 116 Å². The molecule has 0 aliphatic carbocycles. The molecule has 1 aliphatic rings. The largest absolute Gasteiger partial charge is 0.354 e. The van der Waals surface area contributed by atoms with E-state index in [1.807, 2.05) is 0 Å². The van der Waals surface area contributed by atoms with Crippen LogP contribution in [0.2, 0.25) is 0 Å². The number of benzene rings is 1. The van der Waals surface area contributed by atoms with Crippen molar-refractivity contribution in [3.8, 4) is 11.3 Å². The first-order chi connectivity index (χ1) is 12.6. The van der Waals surface area contributed by atoms with Crippen LogP contribution in [-0.4, -0.2) is 39.3 Å². The van der Waals surface area contributed by atoms with Gasteiger partial charge in [0.15, 0.2) is 5.82 Å². The van der Waals surface area contributed by atoms with Gasteiger partial charge in [-0.25, -0.2) is 4.39 Å². The third-order valence-electron chi connectivity index (χ3n) is 4.43. The molecular formula is C17H15FN6O2. The molecule has 0 bridgehead atoms. The monoisotopic (exact) mass is 354 g/mol. The zero-order valence-electron chi connectivity index (χ0n) is 13.8. The lowest BCUT2D eigenvalue weighted by atomic mass is 9.84. The number of fused-ring (bicyclic) bond motifs is 1. The minimum Gasteiger partial charge on any atom is -0.354 e. The molecule has 8 nitrogen and oxygen atoms in total. The van der Waals surface area contributed by atoms with E-state index < -0.39 is 5.92 Å². The van der Waals surface area contributed by atoms with Gasteiger partial charge in [0.1, 0.15) is 11.5 Å². The van der Waals surface area contributed by atoms with Crippen LogP contribution in [0.5, 0.6) is 0 Å². The number of anilines is 1. The Hall–Kier alpha value is -3.49. The molecule has 1 unspecified atom stereocenters. The lowest BCUT2D eigenvalue weighted by molar-refractivity contribution is -0.116. The Labute approximate surface area is 147 Å². The molecule has 2 aromatic heterocycles. The Balaban J connectivity index is 1.84. The highest BCUT2D eigenvalue weighted by Crippen LogP contribution is 2.41. The number of H-pyrrole nitrogens is 2. The normalized spacial score (nSPS) is 16.1. The Morgan fingerprint density at radius 2 is 2.04 bits per heavy atom. The number of aromatic nitrogens is 4. The first-order valence-corrected chi connectivity index (χ1v) is 7.98. The van der Waals surface area contributed by atoms with Gasteiger partial charge >= 0.3 is 0 Å². The van der Waals surface area contributed by atoms with E-state index in [1.165, 1.54) is 19.2 Å². The maximum Gasteiger partial charge on any atom is 0.269 e. The van der Waals surface area contributed by atoms with Crippen LogP contribution in [0.3, 0.4) is 0 Å². The highest BCUT2D eigenvalue weighted by molar-refractivity contribution is 6.00. The lowest BCUT2D eigenvalue weighted by Gasteiger charge is -2.23. The summed E-state index contributed by atoms with van der Waals surface area (Å²) in [6.07, 6.45) is 1.76. The fraction of sp³-hybridized carbons (Fsp3) is 0.176. The molecule has 0 fully saturated rings. The van der Waals surface area contributed by atoms with Crippen LogP contribution in [0.15, 0.2) is 30.5 Å². The molecule has 2 amide bonds. The van der Waals surface area contributed by atoms with Crippen LogP contribution in [0.1, 0.15) is 34.0 Å². The van der Waals surface area contributed by atoms with Gasteiger partial charge in [-0.15, -0.1) is 0 Å². The number of nitrogens with one attached hydrogen (secondary N) is 4. The van der Waals surface area contributed by atoms with Gasteiger partial charge in [-0.3, -0.25) is 19.8 Å². The summed E-state index contributed by atoms with van der Waals surface area (Å²) in [6, 6.07) is 5.97. The number of aromatic amines is 2. The number of hydrogen-bond acceptors (Lipinski definition) is 4. The van der Waals surface area contributed by atoms with Gasteiger partial charge in [-0.05, 0) is 24.3 Å². The molecule has 1 aromatic carbocycles. The van der Waals surface area contributed by atoms with Gasteiger partial charge in [-0.2, -0.15) is 10.2 Å². The molecular weight excluding hydrogens is 339 g/mol. The maximum absolute atomic E-state index is 13.2. The van der Waals surface area contributed by atoms with Crippen LogP contribution >= 0.6 is 0 Å². The second kappa shape index (κ2) is 6.10. The summed E-state index contributed by atoms with van der Waals surface area (Å²) in [6.45, 7) is 0. The number of rotatable bonds is 3. The Kier molecular flexibility index (Phi) is 3.76. The number of amides is 2. The Bertz CT molecular complexity index is 991. The SMILES string of the molecule is CNC(=O)c1[nH]nc2c1C(c1cn[nH]c1-c1ccc(F)cc1)CC(=O)N2. The molecule has 0 saturated heterocycles. The summed E-state index contributed by atoms with van der Waals surface area (Å²) in [7, 11) is 1.52. The average molecular weight is 354 g/mol. The molecule has 3 aromatic rings. The van der Waals surface area contributed by atoms with Gasteiger partial charge in [0.2, 0.25) is 5.91 Å². The minimum atomic E-state index is -0.413. The number of halogens is 1. The van der Waals surface area contributed by atoms with Crippen molar-refractivity contribution in [1.82, 2.24) is 25.7 Å². The fourth-order valence-corrected chi connectivity index (χ4v) is 3.23. The summed E-state index contributed by atoms with van der Waals surface area (Å²) >= 11 is 0. The van der Waals surface area contributed by atoms with Gasteiger partial charge in [-0.1, -0.05) is 0 Å². The summed E-state index contributed by atoms with van der Waals surface area (Å²) in [5.41, 5.74) is 3.03. The minimum absolute atomic E-state index is 0.143. The average Bonchev–Trinajstić information content (AvgIpc) is 3.28. The van der Waals surface area contributed by atoms with E-state index >= 15 is 0 Å². The second-order valence-electron chi connectivity index (χ2n) is 5.95. The number of hydrogen-bond donors (Lipinski definition) is 4. The quantitative estimate of drug-likeness (QED) is 0.574. The number of carbonyl (C=O) groups is 2. The van der Waals surface area contributed by atoms with Crippen LogP contribution in [-0.2, 0) is 4.79 Å². The molecule has 4 rings (SSSR count). The lowest BCUT2D eigenvalue weighted by Crippen LogP contribution is -2.26. The second-order valence-corrected chi connectivity index (χ2v) is 5.95. The number of nitrogens with zero attached hydrogens (tertiary/aromatic N) is 2. The Morgan fingerprint density at radius 1 is 1.27 bits per heavy atom. The standard InChI is InChI=1S/C17H15FN6O2/c1-19-17(26)15-13-10(6-12(25)21-16(13)24-23-15)11-7-20-22-14(11)8-2-4-9(18)5-3-8/h2-5,7,10H,6H2,1H3,(H,19,26)(H,20,22)(H2,21,23,24,25). The predicted octanol–water partition coefficient (Wildman–Crippen LogP) is 1.77. The van der Waals surface area contributed by atoms with Gasteiger partial charge in [0, 0.05) is 36.1 Å². The van der Waals surface area contributed by atoms with Crippen LogP contribution in [0.25, 0.3) is 11.3 Å². The molecule has 3 heterocycles. The van der Waals surface area contributed by atoms with Crippen molar-refractivity contribution in [3.63, 3.8) is 0 Å². The zero-order valence-corrected chi connectivity index (χ0v) is 13.8. The van der Waals surface area contributed by atoms with Gasteiger partial charge in [0.05, 0.1) is 11.9 Å². The smallest absolute Gasteiger partial charge is 0.269 e. The zero-order chi connectivity index (χ0) is 18.3. The maximum atomic E-state index is 13.2. The first kappa shape index (κ1) is 16.0. The summed E-state index contributed by atoms with van der Waals surface area (Å²) in [5.74, 6) is -0.957. The summed E-state index contributed by atoms with van der Waals surface area (Å²) < 4.78 is 13.2. The van der Waals surface area contributed by atoms with Gasteiger partial charge < -0.3 is 10.6 Å². The third kappa shape index (κ3) is 2.53. The summed E-state index contributed by atoms with van der Waals surface area (Å²) in [4.78, 5) is 24.3. The molecule has 1 aliphatic heterocycles. The van der Waals surface area contributed by atoms with E-state index in [9.17, 15) is 14.0 Å². The molecule has 4 N–H and O–H groups in total. The van der Waals surface area contributed by atoms with Crippen LogP contribution < -0.4 is 10.6 Å². The molecule has 1 atom stereocenters. The van der Waals surface area contributed by atoms with E-state index in [0.29, 0.717) is 22.8 Å². The first-order valence-electron chi connectivity index (χ1n) is 7.98. The fourth-order valence-electron chi connectivity index (χ4n) is 3.23. The van der Waals surface area contributed by atoms with Crippen molar-refractivity contribution >= 4 is 17.6 Å². The van der Waals surface area contributed by atoms with Crippen molar-refractivity contribution in [1.29, 1.82) is 0 Å².